The van der Waals surface area contributed by atoms with Gasteiger partial charge in [0.2, 0.25) is 0 Å². The maximum absolute atomic E-state index is 13.1. The highest BCUT2D eigenvalue weighted by molar-refractivity contribution is 5.98. The fourth-order valence-corrected chi connectivity index (χ4v) is 4.17. The molecule has 4 heterocycles. The number of amides is 1. The number of pyridine rings is 1. The van der Waals surface area contributed by atoms with E-state index in [1.165, 1.54) is 0 Å². The van der Waals surface area contributed by atoms with Crippen LogP contribution in [0.3, 0.4) is 0 Å². The summed E-state index contributed by atoms with van der Waals surface area (Å²) in [5, 5.41) is 0.483. The van der Waals surface area contributed by atoms with Crippen molar-refractivity contribution in [3.8, 4) is 0 Å². The summed E-state index contributed by atoms with van der Waals surface area (Å²) < 4.78 is 3.31. The average molecular weight is 352 g/mol. The van der Waals surface area contributed by atoms with E-state index in [2.05, 4.69) is 18.8 Å². The molecule has 1 saturated heterocycles. The number of hydrogen-bond acceptors (Lipinski definition) is 3. The summed E-state index contributed by atoms with van der Waals surface area (Å²) in [7, 11) is 1.81. The van der Waals surface area contributed by atoms with Crippen molar-refractivity contribution in [2.24, 2.45) is 18.9 Å². The van der Waals surface area contributed by atoms with Crippen molar-refractivity contribution in [1.82, 2.24) is 18.9 Å². The molecule has 1 aliphatic heterocycles. The molecule has 1 aliphatic rings. The second-order valence-electron chi connectivity index (χ2n) is 7.83. The number of nitrogens with zero attached hydrogens (tertiary/aromatic N) is 4. The van der Waals surface area contributed by atoms with Crippen LogP contribution in [0.1, 0.15) is 36.3 Å². The summed E-state index contributed by atoms with van der Waals surface area (Å²) in [6.45, 7) is 7.83. The Labute approximate surface area is 152 Å². The normalized spacial score (nSPS) is 20.8. The third kappa shape index (κ3) is 2.60. The number of piperidine rings is 1. The van der Waals surface area contributed by atoms with Crippen molar-refractivity contribution in [3.63, 3.8) is 0 Å². The standard InChI is InChI=1S/C20H24N4O2/c1-12-5-6-17-21-18-15(19(25)24(17)11-12)8-16(22(18)4)20(26)23-9-13(2)7-14(3)10-23/h5-6,8,11,13-14H,7,9-10H2,1-4H3/t13-,14-/m0/s1. The number of likely N-dealkylation sites (tertiary alicyclic amines) is 1. The van der Waals surface area contributed by atoms with Gasteiger partial charge in [0.05, 0.1) is 5.39 Å². The van der Waals surface area contributed by atoms with Gasteiger partial charge in [0.1, 0.15) is 17.0 Å². The molecule has 26 heavy (non-hydrogen) atoms. The summed E-state index contributed by atoms with van der Waals surface area (Å²) in [5.74, 6) is 0.965. The van der Waals surface area contributed by atoms with E-state index in [1.807, 2.05) is 31.0 Å². The molecule has 1 fully saturated rings. The highest BCUT2D eigenvalue weighted by Gasteiger charge is 2.28. The molecule has 4 rings (SSSR count). The van der Waals surface area contributed by atoms with E-state index in [0.717, 1.165) is 25.1 Å². The van der Waals surface area contributed by atoms with Crippen LogP contribution in [-0.4, -0.2) is 37.8 Å². The van der Waals surface area contributed by atoms with Gasteiger partial charge in [0.15, 0.2) is 0 Å². The number of hydrogen-bond donors (Lipinski definition) is 0. The molecule has 0 radical (unpaired) electrons. The zero-order chi connectivity index (χ0) is 18.6. The first-order chi connectivity index (χ1) is 12.3. The van der Waals surface area contributed by atoms with Crippen molar-refractivity contribution in [1.29, 1.82) is 0 Å². The molecular formula is C20H24N4O2. The number of carbonyl (C=O) groups is 1. The predicted molar refractivity (Wildman–Crippen MR) is 102 cm³/mol. The lowest BCUT2D eigenvalue weighted by atomic mass is 9.92. The third-order valence-electron chi connectivity index (χ3n) is 5.32. The van der Waals surface area contributed by atoms with E-state index in [0.29, 0.717) is 34.2 Å². The summed E-state index contributed by atoms with van der Waals surface area (Å²) in [6.07, 6.45) is 2.93. The molecule has 0 spiro atoms. The number of aromatic nitrogens is 3. The Hall–Kier alpha value is -2.63. The van der Waals surface area contributed by atoms with Crippen LogP contribution in [0.15, 0.2) is 29.2 Å². The van der Waals surface area contributed by atoms with Crippen LogP contribution >= 0.6 is 0 Å². The molecule has 0 bridgehead atoms. The summed E-state index contributed by atoms with van der Waals surface area (Å²) >= 11 is 0. The third-order valence-corrected chi connectivity index (χ3v) is 5.32. The lowest BCUT2D eigenvalue weighted by Crippen LogP contribution is -2.43. The largest absolute Gasteiger partial charge is 0.337 e. The fraction of sp³-hybridized carbons (Fsp3) is 0.450. The second kappa shape index (κ2) is 5.97. The van der Waals surface area contributed by atoms with Gasteiger partial charge in [-0.05, 0) is 42.9 Å². The maximum atomic E-state index is 13.1. The van der Waals surface area contributed by atoms with Gasteiger partial charge in [0, 0.05) is 26.3 Å². The van der Waals surface area contributed by atoms with Crippen LogP contribution in [0, 0.1) is 18.8 Å². The molecule has 0 aromatic carbocycles. The quantitative estimate of drug-likeness (QED) is 0.676. The topological polar surface area (TPSA) is 59.6 Å². The Morgan fingerprint density at radius 1 is 1.19 bits per heavy atom. The van der Waals surface area contributed by atoms with E-state index in [1.54, 1.807) is 21.2 Å². The van der Waals surface area contributed by atoms with Crippen molar-refractivity contribution >= 4 is 22.6 Å². The van der Waals surface area contributed by atoms with Gasteiger partial charge in [-0.1, -0.05) is 19.9 Å². The van der Waals surface area contributed by atoms with E-state index in [-0.39, 0.29) is 11.5 Å². The zero-order valence-corrected chi connectivity index (χ0v) is 15.7. The Kier molecular flexibility index (Phi) is 3.86. The van der Waals surface area contributed by atoms with Crippen LogP contribution in [-0.2, 0) is 7.05 Å². The first kappa shape index (κ1) is 16.8. The van der Waals surface area contributed by atoms with Gasteiger partial charge < -0.3 is 9.47 Å². The molecule has 0 aliphatic carbocycles. The SMILES string of the molecule is Cc1ccc2nc3c(cc(C(=O)N4C[C@@H](C)C[C@H](C)C4)n3C)c(=O)n2c1. The van der Waals surface area contributed by atoms with Crippen molar-refractivity contribution < 1.29 is 4.79 Å². The lowest BCUT2D eigenvalue weighted by molar-refractivity contribution is 0.0614. The summed E-state index contributed by atoms with van der Waals surface area (Å²) in [6, 6.07) is 5.46. The highest BCUT2D eigenvalue weighted by Crippen LogP contribution is 2.24. The molecular weight excluding hydrogens is 328 g/mol. The first-order valence-corrected chi connectivity index (χ1v) is 9.13. The van der Waals surface area contributed by atoms with Gasteiger partial charge in [-0.2, -0.15) is 0 Å². The van der Waals surface area contributed by atoms with Crippen molar-refractivity contribution in [2.75, 3.05) is 13.1 Å². The average Bonchev–Trinajstić information content (AvgIpc) is 2.91. The van der Waals surface area contributed by atoms with Gasteiger partial charge in [-0.25, -0.2) is 4.98 Å². The molecule has 0 saturated carbocycles. The Bertz CT molecular complexity index is 1070. The molecule has 3 aromatic heterocycles. The van der Waals surface area contributed by atoms with E-state index < -0.39 is 0 Å². The lowest BCUT2D eigenvalue weighted by Gasteiger charge is -2.35. The van der Waals surface area contributed by atoms with Crippen molar-refractivity contribution in [3.05, 3.63) is 46.0 Å². The first-order valence-electron chi connectivity index (χ1n) is 9.13. The van der Waals surface area contributed by atoms with Crippen LogP contribution in [0.2, 0.25) is 0 Å². The molecule has 3 aromatic rings. The van der Waals surface area contributed by atoms with Gasteiger partial charge >= 0.3 is 0 Å². The smallest absolute Gasteiger partial charge is 0.270 e. The number of carbonyl (C=O) groups excluding carboxylic acids is 1. The zero-order valence-electron chi connectivity index (χ0n) is 15.7. The van der Waals surface area contributed by atoms with Crippen molar-refractivity contribution in [2.45, 2.75) is 27.2 Å². The highest BCUT2D eigenvalue weighted by atomic mass is 16.2. The summed E-state index contributed by atoms with van der Waals surface area (Å²) in [4.78, 5) is 32.5. The minimum Gasteiger partial charge on any atom is -0.337 e. The molecule has 136 valence electrons. The van der Waals surface area contributed by atoms with Gasteiger partial charge in [-0.3, -0.25) is 14.0 Å². The number of aryl methyl sites for hydroxylation is 2. The monoisotopic (exact) mass is 352 g/mol. The Morgan fingerprint density at radius 2 is 1.88 bits per heavy atom. The Balaban J connectivity index is 1.85. The molecule has 1 amide bonds. The molecule has 0 unspecified atom stereocenters. The summed E-state index contributed by atoms with van der Waals surface area (Å²) in [5.41, 5.74) is 2.53. The number of fused-ring (bicyclic) bond motifs is 2. The van der Waals surface area contributed by atoms with Crippen LogP contribution in [0.25, 0.3) is 16.7 Å². The van der Waals surface area contributed by atoms with Crippen LogP contribution in [0.5, 0.6) is 0 Å². The van der Waals surface area contributed by atoms with Crippen LogP contribution < -0.4 is 5.56 Å². The fourth-order valence-electron chi connectivity index (χ4n) is 4.17. The molecule has 2 atom stereocenters. The van der Waals surface area contributed by atoms with Gasteiger partial charge in [-0.15, -0.1) is 0 Å². The second-order valence-corrected chi connectivity index (χ2v) is 7.83. The molecule has 0 N–H and O–H groups in total. The van der Waals surface area contributed by atoms with E-state index >= 15 is 0 Å². The van der Waals surface area contributed by atoms with Gasteiger partial charge in [0.25, 0.3) is 11.5 Å². The minimum absolute atomic E-state index is 0.0199. The van der Waals surface area contributed by atoms with E-state index in [9.17, 15) is 9.59 Å². The molecule has 6 heteroatoms. The number of rotatable bonds is 1. The van der Waals surface area contributed by atoms with E-state index in [4.69, 9.17) is 0 Å². The van der Waals surface area contributed by atoms with Crippen LogP contribution in [0.4, 0.5) is 0 Å². The molecule has 6 nitrogen and oxygen atoms in total. The minimum atomic E-state index is -0.135. The predicted octanol–water partition coefficient (Wildman–Crippen LogP) is 2.61. The Morgan fingerprint density at radius 3 is 2.58 bits per heavy atom. The maximum Gasteiger partial charge on any atom is 0.270 e.